The number of rotatable bonds is 4. The van der Waals surface area contributed by atoms with E-state index in [2.05, 4.69) is 5.32 Å². The fourth-order valence-electron chi connectivity index (χ4n) is 2.48. The van der Waals surface area contributed by atoms with Gasteiger partial charge in [-0.3, -0.25) is 0 Å². The van der Waals surface area contributed by atoms with Crippen LogP contribution in [0.25, 0.3) is 0 Å². The van der Waals surface area contributed by atoms with Crippen molar-refractivity contribution >= 4 is 15.5 Å². The van der Waals surface area contributed by atoms with Crippen LogP contribution in [0.4, 0.5) is 5.69 Å². The molecule has 0 aliphatic heterocycles. The number of benzene rings is 1. The van der Waals surface area contributed by atoms with E-state index in [1.807, 2.05) is 12.1 Å². The van der Waals surface area contributed by atoms with E-state index in [0.717, 1.165) is 31.4 Å². The molecule has 1 saturated carbocycles. The summed E-state index contributed by atoms with van der Waals surface area (Å²) in [7, 11) is -1.34. The van der Waals surface area contributed by atoms with Crippen LogP contribution in [0, 0.1) is 0 Å². The molecule has 0 amide bonds. The SMILES string of the molecule is COC1CCC(Nc2ccc(S(C)(=O)=O)cc2)CC1. The van der Waals surface area contributed by atoms with E-state index >= 15 is 0 Å². The number of hydrogen-bond acceptors (Lipinski definition) is 4. The highest BCUT2D eigenvalue weighted by Crippen LogP contribution is 2.24. The Kier molecular flexibility index (Phi) is 4.47. The molecular weight excluding hydrogens is 262 g/mol. The molecule has 1 aliphatic carbocycles. The van der Waals surface area contributed by atoms with Gasteiger partial charge in [-0.25, -0.2) is 8.42 Å². The van der Waals surface area contributed by atoms with Gasteiger partial charge in [-0.05, 0) is 49.9 Å². The van der Waals surface area contributed by atoms with E-state index in [-0.39, 0.29) is 0 Å². The summed E-state index contributed by atoms with van der Waals surface area (Å²) in [5.74, 6) is 0. The third-order valence-corrected chi connectivity index (χ3v) is 4.79. The zero-order chi connectivity index (χ0) is 13.9. The third kappa shape index (κ3) is 3.94. The Morgan fingerprint density at radius 2 is 1.68 bits per heavy atom. The molecule has 0 bridgehead atoms. The van der Waals surface area contributed by atoms with Crippen LogP contribution in [-0.2, 0) is 14.6 Å². The van der Waals surface area contributed by atoms with Gasteiger partial charge in [0.1, 0.15) is 0 Å². The van der Waals surface area contributed by atoms with E-state index in [0.29, 0.717) is 17.0 Å². The van der Waals surface area contributed by atoms with Crippen LogP contribution in [0.2, 0.25) is 0 Å². The summed E-state index contributed by atoms with van der Waals surface area (Å²) in [5, 5.41) is 3.45. The summed E-state index contributed by atoms with van der Waals surface area (Å²) in [5.41, 5.74) is 0.980. The van der Waals surface area contributed by atoms with Crippen LogP contribution >= 0.6 is 0 Å². The number of nitrogens with one attached hydrogen (secondary N) is 1. The molecule has 5 heteroatoms. The minimum absolute atomic E-state index is 0.362. The monoisotopic (exact) mass is 283 g/mol. The van der Waals surface area contributed by atoms with Crippen molar-refractivity contribution in [3.05, 3.63) is 24.3 Å². The van der Waals surface area contributed by atoms with Gasteiger partial charge in [0.15, 0.2) is 9.84 Å². The topological polar surface area (TPSA) is 55.4 Å². The van der Waals surface area contributed by atoms with Gasteiger partial charge < -0.3 is 10.1 Å². The molecule has 0 heterocycles. The first kappa shape index (κ1) is 14.3. The lowest BCUT2D eigenvalue weighted by molar-refractivity contribution is 0.0682. The van der Waals surface area contributed by atoms with E-state index in [1.165, 1.54) is 6.26 Å². The van der Waals surface area contributed by atoms with Gasteiger partial charge in [0, 0.05) is 25.1 Å². The zero-order valence-electron chi connectivity index (χ0n) is 11.4. The highest BCUT2D eigenvalue weighted by molar-refractivity contribution is 7.90. The van der Waals surface area contributed by atoms with Crippen LogP contribution < -0.4 is 5.32 Å². The van der Waals surface area contributed by atoms with Crippen molar-refractivity contribution in [1.29, 1.82) is 0 Å². The highest BCUT2D eigenvalue weighted by atomic mass is 32.2. The largest absolute Gasteiger partial charge is 0.382 e. The lowest BCUT2D eigenvalue weighted by Crippen LogP contribution is -2.29. The average molecular weight is 283 g/mol. The third-order valence-electron chi connectivity index (χ3n) is 3.66. The second kappa shape index (κ2) is 5.92. The number of hydrogen-bond donors (Lipinski definition) is 1. The molecule has 0 atom stereocenters. The molecule has 0 radical (unpaired) electrons. The van der Waals surface area contributed by atoms with Gasteiger partial charge >= 0.3 is 0 Å². The molecule has 4 nitrogen and oxygen atoms in total. The van der Waals surface area contributed by atoms with Crippen LogP contribution in [0.1, 0.15) is 25.7 Å². The van der Waals surface area contributed by atoms with Gasteiger partial charge in [0.2, 0.25) is 0 Å². The Morgan fingerprint density at radius 1 is 1.11 bits per heavy atom. The number of anilines is 1. The van der Waals surface area contributed by atoms with E-state index in [4.69, 9.17) is 4.74 Å². The summed E-state index contributed by atoms with van der Waals surface area (Å²) < 4.78 is 28.1. The fourth-order valence-corrected chi connectivity index (χ4v) is 3.11. The molecule has 1 aromatic carbocycles. The first-order valence-corrected chi connectivity index (χ1v) is 8.47. The smallest absolute Gasteiger partial charge is 0.175 e. The summed E-state index contributed by atoms with van der Waals surface area (Å²) in [6.07, 6.45) is 5.95. The Morgan fingerprint density at radius 3 is 2.16 bits per heavy atom. The minimum atomic E-state index is -3.11. The Hall–Kier alpha value is -1.07. The summed E-state index contributed by atoms with van der Waals surface area (Å²) in [6, 6.07) is 7.42. The van der Waals surface area contributed by atoms with Crippen LogP contribution in [0.15, 0.2) is 29.2 Å². The fraction of sp³-hybridized carbons (Fsp3) is 0.571. The van der Waals surface area contributed by atoms with Crippen LogP contribution in [0.5, 0.6) is 0 Å². The molecule has 2 rings (SSSR count). The second-order valence-corrected chi connectivity index (χ2v) is 7.17. The average Bonchev–Trinajstić information content (AvgIpc) is 2.39. The van der Waals surface area contributed by atoms with Crippen molar-refractivity contribution in [1.82, 2.24) is 0 Å². The van der Waals surface area contributed by atoms with Gasteiger partial charge in [0.05, 0.1) is 11.0 Å². The summed E-state index contributed by atoms with van der Waals surface area (Å²) in [6.45, 7) is 0. The molecule has 0 unspecified atom stereocenters. The maximum Gasteiger partial charge on any atom is 0.175 e. The Labute approximate surface area is 115 Å². The van der Waals surface area contributed by atoms with Crippen molar-refractivity contribution < 1.29 is 13.2 Å². The maximum atomic E-state index is 11.4. The first-order chi connectivity index (χ1) is 8.99. The second-order valence-electron chi connectivity index (χ2n) is 5.15. The minimum Gasteiger partial charge on any atom is -0.382 e. The van der Waals surface area contributed by atoms with Crippen molar-refractivity contribution in [3.63, 3.8) is 0 Å². The standard InChI is InChI=1S/C14H21NO3S/c1-18-13-7-3-11(4-8-13)15-12-5-9-14(10-6-12)19(2,16)17/h5-6,9-11,13,15H,3-4,7-8H2,1-2H3. The lowest BCUT2D eigenvalue weighted by atomic mass is 9.93. The molecule has 19 heavy (non-hydrogen) atoms. The Balaban J connectivity index is 1.94. The molecule has 1 N–H and O–H groups in total. The maximum absolute atomic E-state index is 11.4. The van der Waals surface area contributed by atoms with Gasteiger partial charge in [-0.2, -0.15) is 0 Å². The molecule has 106 valence electrons. The summed E-state index contributed by atoms with van der Waals surface area (Å²) in [4.78, 5) is 0.362. The predicted octanol–water partition coefficient (Wildman–Crippen LogP) is 2.46. The Bertz CT molecular complexity index is 502. The molecule has 1 aromatic rings. The van der Waals surface area contributed by atoms with Crippen molar-refractivity contribution in [3.8, 4) is 0 Å². The molecular formula is C14H21NO3S. The van der Waals surface area contributed by atoms with Crippen LogP contribution in [-0.4, -0.2) is 33.9 Å². The van der Waals surface area contributed by atoms with Crippen LogP contribution in [0.3, 0.4) is 0 Å². The van der Waals surface area contributed by atoms with E-state index < -0.39 is 9.84 Å². The van der Waals surface area contributed by atoms with E-state index in [9.17, 15) is 8.42 Å². The van der Waals surface area contributed by atoms with E-state index in [1.54, 1.807) is 19.2 Å². The lowest BCUT2D eigenvalue weighted by Gasteiger charge is -2.28. The predicted molar refractivity (Wildman–Crippen MR) is 76.2 cm³/mol. The molecule has 0 spiro atoms. The molecule has 1 fully saturated rings. The number of sulfone groups is 1. The van der Waals surface area contributed by atoms with Gasteiger partial charge in [-0.1, -0.05) is 0 Å². The quantitative estimate of drug-likeness (QED) is 0.922. The highest BCUT2D eigenvalue weighted by Gasteiger charge is 2.20. The normalized spacial score (nSPS) is 24.1. The van der Waals surface area contributed by atoms with Gasteiger partial charge in [-0.15, -0.1) is 0 Å². The molecule has 1 aliphatic rings. The zero-order valence-corrected chi connectivity index (χ0v) is 12.2. The molecule has 0 saturated heterocycles. The summed E-state index contributed by atoms with van der Waals surface area (Å²) >= 11 is 0. The molecule has 0 aromatic heterocycles. The number of ether oxygens (including phenoxy) is 1. The van der Waals surface area contributed by atoms with Crippen molar-refractivity contribution in [2.75, 3.05) is 18.7 Å². The van der Waals surface area contributed by atoms with Crippen molar-refractivity contribution in [2.24, 2.45) is 0 Å². The number of methoxy groups -OCH3 is 1. The van der Waals surface area contributed by atoms with Crippen molar-refractivity contribution in [2.45, 2.75) is 42.7 Å². The first-order valence-electron chi connectivity index (χ1n) is 6.58. The van der Waals surface area contributed by atoms with Gasteiger partial charge in [0.25, 0.3) is 0 Å².